The van der Waals surface area contributed by atoms with Crippen LogP contribution in [0.15, 0.2) is 0 Å². The average Bonchev–Trinajstić information content (AvgIpc) is 1.73. The van der Waals surface area contributed by atoms with Crippen LogP contribution in [0.5, 0.6) is 0 Å². The molecule has 0 rings (SSSR count). The summed E-state index contributed by atoms with van der Waals surface area (Å²) >= 11 is 0. The molecule has 46 valence electrons. The summed E-state index contributed by atoms with van der Waals surface area (Å²) < 4.78 is 4.11. The zero-order valence-electron chi connectivity index (χ0n) is 4.76. The van der Waals surface area contributed by atoms with Crippen LogP contribution in [0.3, 0.4) is 0 Å². The van der Waals surface area contributed by atoms with Gasteiger partial charge in [0.2, 0.25) is 0 Å². The van der Waals surface area contributed by atoms with E-state index in [9.17, 15) is 4.79 Å². The molecule has 0 heterocycles. The number of esters is 1. The summed E-state index contributed by atoms with van der Waals surface area (Å²) in [5, 5.41) is 7.00. The fraction of sp³-hybridized carbons (Fsp3) is 0.750. The van der Waals surface area contributed by atoms with Gasteiger partial charge in [0.25, 0.3) is 0 Å². The number of hydrogen-bond acceptors (Lipinski definition) is 3. The summed E-state index contributed by atoms with van der Waals surface area (Å²) in [6.45, 7) is 1.36. The molecule has 0 fully saturated rings. The van der Waals surface area contributed by atoms with Crippen LogP contribution in [0.1, 0.15) is 6.92 Å². The second-order valence-corrected chi connectivity index (χ2v) is 0.696. The van der Waals surface area contributed by atoms with Gasteiger partial charge in [-0.05, 0) is 0 Å². The van der Waals surface area contributed by atoms with E-state index in [0.717, 1.165) is 7.11 Å². The molecule has 0 amide bonds. The monoisotopic (exact) mass is 146 g/mol. The zero-order chi connectivity index (χ0) is 6.28. The van der Waals surface area contributed by atoms with Gasteiger partial charge in [0.15, 0.2) is 0 Å². The van der Waals surface area contributed by atoms with E-state index in [-0.39, 0.29) is 57.4 Å². The molecule has 0 atom stereocenters. The first-order valence-corrected chi connectivity index (χ1v) is 1.76. The van der Waals surface area contributed by atoms with Crippen molar-refractivity contribution in [3.63, 3.8) is 0 Å². The molecular formula is C4H11KO3. The van der Waals surface area contributed by atoms with Crippen molar-refractivity contribution in [3.8, 4) is 0 Å². The van der Waals surface area contributed by atoms with Crippen molar-refractivity contribution in [1.29, 1.82) is 0 Å². The van der Waals surface area contributed by atoms with E-state index in [1.54, 1.807) is 0 Å². The Bertz CT molecular complexity index is 46.5. The molecule has 0 aromatic carbocycles. The van der Waals surface area contributed by atoms with Gasteiger partial charge in [-0.3, -0.25) is 4.79 Å². The Balaban J connectivity index is -0.0000000750. The van der Waals surface area contributed by atoms with Gasteiger partial charge in [-0.2, -0.15) is 0 Å². The van der Waals surface area contributed by atoms with Gasteiger partial charge in [0.1, 0.15) is 0 Å². The van der Waals surface area contributed by atoms with Gasteiger partial charge in [-0.15, -0.1) is 0 Å². The number of methoxy groups -OCH3 is 1. The number of aliphatic hydroxyl groups is 1. The van der Waals surface area contributed by atoms with Crippen LogP contribution in [0.4, 0.5) is 0 Å². The summed E-state index contributed by atoms with van der Waals surface area (Å²) in [6, 6.07) is 0. The Morgan fingerprint density at radius 3 is 1.62 bits per heavy atom. The standard InChI is InChI=1S/C3H6O2.CH4O.K.H/c1-3(4)5-2;1-2;;/h1-2H3;2H,1H3;;. The summed E-state index contributed by atoms with van der Waals surface area (Å²) in [4.78, 5) is 9.59. The number of rotatable bonds is 0. The van der Waals surface area contributed by atoms with E-state index in [1.165, 1.54) is 14.0 Å². The fourth-order valence-electron chi connectivity index (χ4n) is 0. The van der Waals surface area contributed by atoms with Crippen molar-refractivity contribution >= 4 is 57.4 Å². The average molecular weight is 146 g/mol. The van der Waals surface area contributed by atoms with Crippen molar-refractivity contribution in [2.45, 2.75) is 6.92 Å². The molecule has 4 heteroatoms. The fourth-order valence-corrected chi connectivity index (χ4v) is 0. The van der Waals surface area contributed by atoms with Crippen LogP contribution in [-0.2, 0) is 9.53 Å². The number of ether oxygens (including phenoxy) is 1. The molecule has 1 N–H and O–H groups in total. The van der Waals surface area contributed by atoms with Crippen molar-refractivity contribution in [3.05, 3.63) is 0 Å². The van der Waals surface area contributed by atoms with Crippen LogP contribution in [-0.4, -0.2) is 76.7 Å². The van der Waals surface area contributed by atoms with Crippen LogP contribution in [0.25, 0.3) is 0 Å². The summed E-state index contributed by atoms with van der Waals surface area (Å²) in [5.74, 6) is -0.245. The molecular weight excluding hydrogens is 135 g/mol. The van der Waals surface area contributed by atoms with Crippen molar-refractivity contribution in [2.24, 2.45) is 0 Å². The molecule has 0 aliphatic carbocycles. The molecule has 8 heavy (non-hydrogen) atoms. The van der Waals surface area contributed by atoms with E-state index in [1.807, 2.05) is 0 Å². The molecule has 0 unspecified atom stereocenters. The summed E-state index contributed by atoms with van der Waals surface area (Å²) in [5.41, 5.74) is 0. The van der Waals surface area contributed by atoms with Crippen LogP contribution < -0.4 is 0 Å². The third kappa shape index (κ3) is 27.7. The Labute approximate surface area is 91.8 Å². The van der Waals surface area contributed by atoms with E-state index >= 15 is 0 Å². The van der Waals surface area contributed by atoms with Crippen molar-refractivity contribution in [2.75, 3.05) is 14.2 Å². The number of carbonyl (C=O) groups excluding carboxylic acids is 1. The Morgan fingerprint density at radius 2 is 1.62 bits per heavy atom. The molecule has 0 saturated heterocycles. The first kappa shape index (κ1) is 16.0. The third-order valence-corrected chi connectivity index (χ3v) is 0.287. The summed E-state index contributed by atoms with van der Waals surface area (Å²) in [7, 11) is 2.35. The van der Waals surface area contributed by atoms with Crippen LogP contribution in [0.2, 0.25) is 0 Å². The van der Waals surface area contributed by atoms with Crippen molar-refractivity contribution < 1.29 is 14.6 Å². The van der Waals surface area contributed by atoms with Gasteiger partial charge < -0.3 is 9.84 Å². The molecule has 3 nitrogen and oxygen atoms in total. The minimum atomic E-state index is -0.245. The second-order valence-electron chi connectivity index (χ2n) is 0.696. The Morgan fingerprint density at radius 1 is 1.50 bits per heavy atom. The predicted molar refractivity (Wildman–Crippen MR) is 33.0 cm³/mol. The van der Waals surface area contributed by atoms with E-state index in [2.05, 4.69) is 4.74 Å². The quantitative estimate of drug-likeness (QED) is 0.357. The normalized spacial score (nSPS) is 5.00. The molecule has 0 aliphatic heterocycles. The topological polar surface area (TPSA) is 46.5 Å². The Kier molecular flexibility index (Phi) is 31.4. The first-order chi connectivity index (χ1) is 3.27. The SMILES string of the molecule is CO.COC(C)=O.[KH]. The van der Waals surface area contributed by atoms with E-state index in [0.29, 0.717) is 0 Å². The predicted octanol–water partition coefficient (Wildman–Crippen LogP) is -0.861. The van der Waals surface area contributed by atoms with Gasteiger partial charge in [-0.1, -0.05) is 0 Å². The van der Waals surface area contributed by atoms with Gasteiger partial charge in [-0.25, -0.2) is 0 Å². The third-order valence-electron chi connectivity index (χ3n) is 0.287. The minimum absolute atomic E-state index is 0. The first-order valence-electron chi connectivity index (χ1n) is 1.76. The number of hydrogen-bond donors (Lipinski definition) is 1. The molecule has 0 saturated carbocycles. The molecule has 0 radical (unpaired) electrons. The maximum absolute atomic E-state index is 9.59. The Hall–Kier alpha value is 1.07. The van der Waals surface area contributed by atoms with Crippen molar-refractivity contribution in [1.82, 2.24) is 0 Å². The molecule has 0 aromatic rings. The molecule has 0 bridgehead atoms. The second kappa shape index (κ2) is 15.7. The summed E-state index contributed by atoms with van der Waals surface area (Å²) in [6.07, 6.45) is 0. The van der Waals surface area contributed by atoms with Gasteiger partial charge >= 0.3 is 57.4 Å². The maximum atomic E-state index is 9.59. The number of carbonyl (C=O) groups is 1. The molecule has 0 spiro atoms. The molecule has 0 aromatic heterocycles. The molecule has 0 aliphatic rings. The van der Waals surface area contributed by atoms with Gasteiger partial charge in [0, 0.05) is 14.0 Å². The number of aliphatic hydroxyl groups excluding tert-OH is 1. The van der Waals surface area contributed by atoms with Gasteiger partial charge in [0.05, 0.1) is 7.11 Å². The van der Waals surface area contributed by atoms with E-state index in [4.69, 9.17) is 5.11 Å². The zero-order valence-corrected chi connectivity index (χ0v) is 4.76. The van der Waals surface area contributed by atoms with Crippen LogP contribution in [0, 0.1) is 0 Å². The van der Waals surface area contributed by atoms with E-state index < -0.39 is 0 Å². The van der Waals surface area contributed by atoms with Crippen LogP contribution >= 0.6 is 0 Å².